The number of nitrogens with zero attached hydrogens (tertiary/aromatic N) is 1. The van der Waals surface area contributed by atoms with Gasteiger partial charge in [0.05, 0.1) is 32.9 Å². The number of thiophene rings is 1. The van der Waals surface area contributed by atoms with E-state index in [1.807, 2.05) is 0 Å². The first-order valence-corrected chi connectivity index (χ1v) is 15.3. The number of amides is 2. The maximum atomic E-state index is 14.4. The first-order chi connectivity index (χ1) is 20.7. The van der Waals surface area contributed by atoms with Gasteiger partial charge in [0.25, 0.3) is 23.8 Å². The summed E-state index contributed by atoms with van der Waals surface area (Å²) < 4.78 is 68.8. The monoisotopic (exact) mass is 693 g/mol. The summed E-state index contributed by atoms with van der Waals surface area (Å²) in [7, 11) is 0. The molecule has 0 spiro atoms. The Morgan fingerprint density at radius 1 is 1.07 bits per heavy atom. The van der Waals surface area contributed by atoms with Crippen LogP contribution in [0.25, 0.3) is 0 Å². The van der Waals surface area contributed by atoms with Crippen LogP contribution < -0.4 is 10.6 Å². The quantitative estimate of drug-likeness (QED) is 0.192. The predicted octanol–water partition coefficient (Wildman–Crippen LogP) is 8.72. The summed E-state index contributed by atoms with van der Waals surface area (Å²) in [5, 5.41) is 8.50. The van der Waals surface area contributed by atoms with Crippen molar-refractivity contribution in [2.75, 3.05) is 11.9 Å². The zero-order valence-electron chi connectivity index (χ0n) is 22.8. The third-order valence-corrected chi connectivity index (χ3v) is 9.89. The molecule has 2 N–H and O–H groups in total. The van der Waals surface area contributed by atoms with Gasteiger partial charge in [0.2, 0.25) is 0 Å². The summed E-state index contributed by atoms with van der Waals surface area (Å²) >= 11 is 19.2. The van der Waals surface area contributed by atoms with Gasteiger partial charge < -0.3 is 15.5 Å². The highest BCUT2D eigenvalue weighted by atomic mass is 35.5. The molecule has 0 bridgehead atoms. The lowest BCUT2D eigenvalue weighted by molar-refractivity contribution is -0.275. The maximum Gasteiger partial charge on any atom is 0.435 e. The van der Waals surface area contributed by atoms with Crippen LogP contribution in [-0.2, 0) is 23.3 Å². The van der Waals surface area contributed by atoms with Crippen LogP contribution in [0.2, 0.25) is 15.1 Å². The third-order valence-electron chi connectivity index (χ3n) is 7.48. The van der Waals surface area contributed by atoms with Crippen LogP contribution in [-0.4, -0.2) is 36.7 Å². The van der Waals surface area contributed by atoms with Gasteiger partial charge in [0, 0.05) is 22.4 Å². The van der Waals surface area contributed by atoms with Crippen molar-refractivity contribution in [2.45, 2.75) is 57.2 Å². The number of halogens is 8. The van der Waals surface area contributed by atoms with Crippen LogP contribution in [0.15, 0.2) is 35.5 Å². The fourth-order valence-corrected chi connectivity index (χ4v) is 7.15. The van der Waals surface area contributed by atoms with Gasteiger partial charge in [0.15, 0.2) is 0 Å². The van der Waals surface area contributed by atoms with Crippen LogP contribution in [0, 0.1) is 6.92 Å². The number of hydrogen-bond donors (Lipinski definition) is 2. The molecule has 0 saturated heterocycles. The summed E-state index contributed by atoms with van der Waals surface area (Å²) in [6.07, 6.45) is -5.32. The second-order valence-corrected chi connectivity index (χ2v) is 12.7. The van der Waals surface area contributed by atoms with E-state index in [0.717, 1.165) is 35.4 Å². The zero-order valence-corrected chi connectivity index (χ0v) is 25.9. The Kier molecular flexibility index (Phi) is 9.19. The molecule has 1 unspecified atom stereocenters. The second-order valence-electron chi connectivity index (χ2n) is 10.4. The standard InChI is InChI=1S/C29H23Cl3F5N3O3S/c1-13-8-14(20-11-28(43-40-20,29(35,36)37)15-9-18(30)24(32)19(31)10-15)6-7-16(13)25(41)39-27-23(26(42)38-12-22(33)34)17-4-2-3-5-21(17)44-27/h6-10,22H,2-5,11-12H2,1H3,(H,38,42)(H,39,41). The fourth-order valence-electron chi connectivity index (χ4n) is 5.27. The molecule has 1 aliphatic heterocycles. The van der Waals surface area contributed by atoms with Gasteiger partial charge in [0.1, 0.15) is 5.00 Å². The number of oxime groups is 1. The highest BCUT2D eigenvalue weighted by molar-refractivity contribution is 7.17. The van der Waals surface area contributed by atoms with Gasteiger partial charge in [-0.3, -0.25) is 9.59 Å². The molecule has 1 atom stereocenters. The van der Waals surface area contributed by atoms with Gasteiger partial charge >= 0.3 is 6.18 Å². The topological polar surface area (TPSA) is 79.8 Å². The van der Waals surface area contributed by atoms with E-state index in [1.54, 1.807) is 6.92 Å². The molecule has 3 aromatic rings. The number of carbonyl (C=O) groups excluding carboxylic acids is 2. The Morgan fingerprint density at radius 3 is 2.39 bits per heavy atom. The first-order valence-electron chi connectivity index (χ1n) is 13.3. The SMILES string of the molecule is Cc1cc(C2=NOC(c3cc(Cl)c(Cl)c(Cl)c3)(C(F)(F)F)C2)ccc1C(=O)Nc1sc2c(c1C(=O)NCC(F)F)CCCC2. The van der Waals surface area contributed by atoms with Crippen molar-refractivity contribution in [3.8, 4) is 0 Å². The molecule has 1 aliphatic carbocycles. The van der Waals surface area contributed by atoms with E-state index in [9.17, 15) is 31.5 Å². The van der Waals surface area contributed by atoms with Crippen molar-refractivity contribution < 1.29 is 36.4 Å². The average molecular weight is 695 g/mol. The molecule has 1 aromatic heterocycles. The second kappa shape index (κ2) is 12.5. The molecule has 2 heterocycles. The summed E-state index contributed by atoms with van der Waals surface area (Å²) in [5.74, 6) is -1.27. The number of fused-ring (bicyclic) bond motifs is 1. The molecular formula is C29H23Cl3F5N3O3S. The molecule has 2 aliphatic rings. The minimum atomic E-state index is -4.91. The number of rotatable bonds is 7. The minimum absolute atomic E-state index is 0.0245. The summed E-state index contributed by atoms with van der Waals surface area (Å²) in [6, 6.07) is 6.43. The van der Waals surface area contributed by atoms with Crippen molar-refractivity contribution in [2.24, 2.45) is 5.16 Å². The van der Waals surface area contributed by atoms with E-state index >= 15 is 0 Å². The maximum absolute atomic E-state index is 14.4. The van der Waals surface area contributed by atoms with Gasteiger partial charge in [-0.2, -0.15) is 13.2 Å². The smallest absolute Gasteiger partial charge is 0.374 e. The number of carbonyl (C=O) groups is 2. The Balaban J connectivity index is 1.39. The van der Waals surface area contributed by atoms with Crippen molar-refractivity contribution in [3.63, 3.8) is 0 Å². The lowest BCUT2D eigenvalue weighted by Gasteiger charge is -2.30. The minimum Gasteiger partial charge on any atom is -0.374 e. The molecule has 0 saturated carbocycles. The first kappa shape index (κ1) is 32.5. The number of benzene rings is 2. The molecule has 5 rings (SSSR count). The molecular weight excluding hydrogens is 672 g/mol. The molecule has 44 heavy (non-hydrogen) atoms. The van der Waals surface area contributed by atoms with E-state index in [1.165, 1.54) is 29.5 Å². The number of alkyl halides is 5. The average Bonchev–Trinajstić information content (AvgIpc) is 3.57. The van der Waals surface area contributed by atoms with E-state index in [4.69, 9.17) is 39.6 Å². The Morgan fingerprint density at radius 2 is 1.75 bits per heavy atom. The lowest BCUT2D eigenvalue weighted by Crippen LogP contribution is -2.42. The van der Waals surface area contributed by atoms with Gasteiger partial charge in [-0.05, 0) is 73.6 Å². The molecule has 0 radical (unpaired) electrons. The summed E-state index contributed by atoms with van der Waals surface area (Å²) in [5.41, 5.74) is -1.46. The Bertz CT molecular complexity index is 1650. The molecule has 234 valence electrons. The molecule has 2 amide bonds. The molecule has 2 aromatic carbocycles. The van der Waals surface area contributed by atoms with Crippen molar-refractivity contribution in [3.05, 3.63) is 83.7 Å². The molecule has 15 heteroatoms. The van der Waals surface area contributed by atoms with E-state index in [0.29, 0.717) is 18.4 Å². The zero-order chi connectivity index (χ0) is 32.0. The van der Waals surface area contributed by atoms with Gasteiger partial charge in [-0.1, -0.05) is 46.0 Å². The van der Waals surface area contributed by atoms with E-state index in [2.05, 4.69) is 15.8 Å². The van der Waals surface area contributed by atoms with Gasteiger partial charge in [-0.15, -0.1) is 11.3 Å². The van der Waals surface area contributed by atoms with Crippen molar-refractivity contribution >= 4 is 68.7 Å². The molecule has 6 nitrogen and oxygen atoms in total. The largest absolute Gasteiger partial charge is 0.435 e. The highest BCUT2D eigenvalue weighted by Gasteiger charge is 2.62. The van der Waals surface area contributed by atoms with Gasteiger partial charge in [-0.25, -0.2) is 8.78 Å². The number of anilines is 1. The summed E-state index contributed by atoms with van der Waals surface area (Å²) in [4.78, 5) is 32.1. The fraction of sp³-hybridized carbons (Fsp3) is 0.345. The summed E-state index contributed by atoms with van der Waals surface area (Å²) in [6.45, 7) is 0.777. The predicted molar refractivity (Wildman–Crippen MR) is 160 cm³/mol. The van der Waals surface area contributed by atoms with Crippen molar-refractivity contribution in [1.29, 1.82) is 0 Å². The van der Waals surface area contributed by atoms with E-state index in [-0.39, 0.29) is 48.0 Å². The number of nitrogens with one attached hydrogen (secondary N) is 2. The number of aryl methyl sites for hydroxylation is 2. The van der Waals surface area contributed by atoms with Crippen LogP contribution in [0.4, 0.5) is 27.0 Å². The van der Waals surface area contributed by atoms with Crippen LogP contribution in [0.3, 0.4) is 0 Å². The Hall–Kier alpha value is -2.93. The highest BCUT2D eigenvalue weighted by Crippen LogP contribution is 2.50. The van der Waals surface area contributed by atoms with Crippen LogP contribution >= 0.6 is 46.1 Å². The van der Waals surface area contributed by atoms with E-state index < -0.39 is 43.0 Å². The third kappa shape index (κ3) is 6.14. The van der Waals surface area contributed by atoms with Crippen LogP contribution in [0.1, 0.15) is 67.1 Å². The number of hydrogen-bond acceptors (Lipinski definition) is 5. The Labute approximate surface area is 267 Å². The lowest BCUT2D eigenvalue weighted by atomic mass is 9.86. The van der Waals surface area contributed by atoms with Crippen molar-refractivity contribution in [1.82, 2.24) is 5.32 Å². The normalized spacial score (nSPS) is 18.1. The molecule has 0 fully saturated rings. The van der Waals surface area contributed by atoms with Crippen LogP contribution in [0.5, 0.6) is 0 Å².